The number of aryl methyl sites for hydroxylation is 1. The van der Waals surface area contributed by atoms with Gasteiger partial charge in [0.2, 0.25) is 0 Å². The molecule has 0 bridgehead atoms. The summed E-state index contributed by atoms with van der Waals surface area (Å²) in [5, 5.41) is 14.2. The first kappa shape index (κ1) is 16.6. The number of nitrogens with zero attached hydrogens (tertiary/aromatic N) is 1. The maximum atomic E-state index is 9.63. The van der Waals surface area contributed by atoms with Crippen molar-refractivity contribution in [2.75, 3.05) is 5.32 Å². The molecule has 0 aliphatic heterocycles. The molecular formula is C23H24N2O. The summed E-state index contributed by atoms with van der Waals surface area (Å²) in [6.07, 6.45) is 9.83. The smallest absolute Gasteiger partial charge is 0.115 e. The molecule has 0 fully saturated rings. The standard InChI is InChI=1S/C23H24N2O/c1-2-14-24-17-10-13-22-21(15-17)19-6-4-3-5-7-20(19)23(25-22)16-8-11-18(26)12-9-16/h2,8-15,24,26H,3-7H2,1H3/b14-2-. The van der Waals surface area contributed by atoms with Crippen molar-refractivity contribution >= 4 is 16.6 Å². The Morgan fingerprint density at radius 1 is 0.962 bits per heavy atom. The lowest BCUT2D eigenvalue weighted by Crippen LogP contribution is -2.01. The van der Waals surface area contributed by atoms with Crippen LogP contribution in [0.25, 0.3) is 22.2 Å². The third-order valence-corrected chi connectivity index (χ3v) is 5.12. The second-order valence-electron chi connectivity index (χ2n) is 6.90. The molecule has 1 heterocycles. The van der Waals surface area contributed by atoms with Crippen molar-refractivity contribution in [2.45, 2.75) is 39.0 Å². The Kier molecular flexibility index (Phi) is 4.61. The molecule has 0 saturated heterocycles. The van der Waals surface area contributed by atoms with Gasteiger partial charge in [0.1, 0.15) is 5.75 Å². The average Bonchev–Trinajstić information content (AvgIpc) is 2.93. The highest BCUT2D eigenvalue weighted by molar-refractivity contribution is 5.90. The Bertz CT molecular complexity index is 958. The summed E-state index contributed by atoms with van der Waals surface area (Å²) in [4.78, 5) is 5.02. The number of nitrogens with one attached hydrogen (secondary N) is 1. The van der Waals surface area contributed by atoms with Crippen LogP contribution in [0, 0.1) is 0 Å². The van der Waals surface area contributed by atoms with Crippen LogP contribution < -0.4 is 5.32 Å². The van der Waals surface area contributed by atoms with E-state index >= 15 is 0 Å². The Hall–Kier alpha value is -2.81. The summed E-state index contributed by atoms with van der Waals surface area (Å²) in [6.45, 7) is 2.01. The topological polar surface area (TPSA) is 45.2 Å². The predicted octanol–water partition coefficient (Wildman–Crippen LogP) is 5.82. The molecule has 3 aromatic rings. The molecule has 3 nitrogen and oxygen atoms in total. The van der Waals surface area contributed by atoms with Gasteiger partial charge in [-0.1, -0.05) is 12.5 Å². The van der Waals surface area contributed by atoms with Crippen molar-refractivity contribution in [2.24, 2.45) is 0 Å². The maximum Gasteiger partial charge on any atom is 0.115 e. The molecule has 1 aliphatic rings. The van der Waals surface area contributed by atoms with Gasteiger partial charge in [-0.2, -0.15) is 0 Å². The van der Waals surface area contributed by atoms with Gasteiger partial charge in [0.25, 0.3) is 0 Å². The van der Waals surface area contributed by atoms with Crippen LogP contribution in [-0.2, 0) is 12.8 Å². The highest BCUT2D eigenvalue weighted by Crippen LogP contribution is 2.35. The number of benzene rings is 2. The molecule has 0 unspecified atom stereocenters. The lowest BCUT2D eigenvalue weighted by molar-refractivity contribution is 0.475. The number of pyridine rings is 1. The van der Waals surface area contributed by atoms with Gasteiger partial charge < -0.3 is 10.4 Å². The SMILES string of the molecule is C/C=C\Nc1ccc2nc(-c3ccc(O)cc3)c3c(c2c1)CCCCC3. The lowest BCUT2D eigenvalue weighted by atomic mass is 9.93. The molecule has 1 aromatic heterocycles. The van der Waals surface area contributed by atoms with E-state index in [-0.39, 0.29) is 0 Å². The molecule has 132 valence electrons. The molecule has 0 spiro atoms. The summed E-state index contributed by atoms with van der Waals surface area (Å²) in [7, 11) is 0. The van der Waals surface area contributed by atoms with Crippen LogP contribution in [0.3, 0.4) is 0 Å². The van der Waals surface area contributed by atoms with Gasteiger partial charge >= 0.3 is 0 Å². The Morgan fingerprint density at radius 2 is 1.73 bits per heavy atom. The van der Waals surface area contributed by atoms with Crippen LogP contribution in [0.1, 0.15) is 37.3 Å². The largest absolute Gasteiger partial charge is 0.508 e. The van der Waals surface area contributed by atoms with Gasteiger partial charge in [-0.25, -0.2) is 4.98 Å². The fourth-order valence-electron chi connectivity index (χ4n) is 3.83. The summed E-state index contributed by atoms with van der Waals surface area (Å²) in [6, 6.07) is 13.8. The van der Waals surface area contributed by atoms with Crippen LogP contribution in [0.4, 0.5) is 5.69 Å². The van der Waals surface area contributed by atoms with Crippen LogP contribution in [-0.4, -0.2) is 10.1 Å². The average molecular weight is 344 g/mol. The second-order valence-corrected chi connectivity index (χ2v) is 6.90. The third kappa shape index (κ3) is 3.17. The third-order valence-electron chi connectivity index (χ3n) is 5.12. The van der Waals surface area contributed by atoms with Crippen molar-refractivity contribution in [1.82, 2.24) is 4.98 Å². The number of hydrogen-bond donors (Lipinski definition) is 2. The zero-order chi connectivity index (χ0) is 17.9. The van der Waals surface area contributed by atoms with E-state index in [9.17, 15) is 5.11 Å². The lowest BCUT2D eigenvalue weighted by Gasteiger charge is -2.16. The molecule has 26 heavy (non-hydrogen) atoms. The van der Waals surface area contributed by atoms with E-state index in [0.29, 0.717) is 5.75 Å². The Morgan fingerprint density at radius 3 is 2.50 bits per heavy atom. The molecule has 1 aliphatic carbocycles. The zero-order valence-corrected chi connectivity index (χ0v) is 15.1. The van der Waals surface area contributed by atoms with E-state index in [1.165, 1.54) is 35.8 Å². The summed E-state index contributed by atoms with van der Waals surface area (Å²) in [5.74, 6) is 0.292. The molecule has 0 atom stereocenters. The van der Waals surface area contributed by atoms with Crippen molar-refractivity contribution in [3.8, 4) is 17.0 Å². The number of anilines is 1. The van der Waals surface area contributed by atoms with Crippen molar-refractivity contribution in [3.05, 3.63) is 65.9 Å². The quantitative estimate of drug-likeness (QED) is 0.588. The molecular weight excluding hydrogens is 320 g/mol. The number of fused-ring (bicyclic) bond motifs is 3. The van der Waals surface area contributed by atoms with Crippen LogP contribution in [0.5, 0.6) is 5.75 Å². The van der Waals surface area contributed by atoms with Crippen LogP contribution in [0.15, 0.2) is 54.7 Å². The van der Waals surface area contributed by atoms with E-state index in [1.807, 2.05) is 31.3 Å². The fraction of sp³-hybridized carbons (Fsp3) is 0.261. The first-order valence-corrected chi connectivity index (χ1v) is 9.39. The molecule has 2 aromatic carbocycles. The molecule has 3 heteroatoms. The summed E-state index contributed by atoms with van der Waals surface area (Å²) in [5.41, 5.74) is 7.12. The van der Waals surface area contributed by atoms with E-state index in [4.69, 9.17) is 4.98 Å². The minimum absolute atomic E-state index is 0.292. The number of phenolic OH excluding ortho intramolecular Hbond substituents is 1. The molecule has 0 amide bonds. The number of phenols is 1. The highest BCUT2D eigenvalue weighted by atomic mass is 16.3. The molecule has 0 radical (unpaired) electrons. The predicted molar refractivity (Wildman–Crippen MR) is 109 cm³/mol. The number of allylic oxidation sites excluding steroid dienone is 1. The number of rotatable bonds is 3. The number of aromatic hydroxyl groups is 1. The van der Waals surface area contributed by atoms with Crippen molar-refractivity contribution in [1.29, 1.82) is 0 Å². The first-order valence-electron chi connectivity index (χ1n) is 9.39. The van der Waals surface area contributed by atoms with Gasteiger partial charge in [-0.15, -0.1) is 0 Å². The van der Waals surface area contributed by atoms with E-state index < -0.39 is 0 Å². The number of hydrogen-bond acceptors (Lipinski definition) is 3. The summed E-state index contributed by atoms with van der Waals surface area (Å²) < 4.78 is 0. The minimum atomic E-state index is 0.292. The van der Waals surface area contributed by atoms with E-state index in [0.717, 1.165) is 35.3 Å². The molecule has 0 saturated carbocycles. The van der Waals surface area contributed by atoms with Crippen LogP contribution >= 0.6 is 0 Å². The van der Waals surface area contributed by atoms with Gasteiger partial charge in [0.05, 0.1) is 11.2 Å². The monoisotopic (exact) mass is 344 g/mol. The van der Waals surface area contributed by atoms with E-state index in [1.54, 1.807) is 12.1 Å². The normalized spacial score (nSPS) is 14.3. The first-order chi connectivity index (χ1) is 12.8. The Labute approximate surface area is 154 Å². The van der Waals surface area contributed by atoms with Crippen molar-refractivity contribution < 1.29 is 5.11 Å². The van der Waals surface area contributed by atoms with E-state index in [2.05, 4.69) is 23.5 Å². The number of aromatic nitrogens is 1. The van der Waals surface area contributed by atoms with Gasteiger partial charge in [0.15, 0.2) is 0 Å². The van der Waals surface area contributed by atoms with Gasteiger partial charge in [0, 0.05) is 16.6 Å². The van der Waals surface area contributed by atoms with Crippen molar-refractivity contribution in [3.63, 3.8) is 0 Å². The molecule has 4 rings (SSSR count). The second kappa shape index (κ2) is 7.20. The molecule has 2 N–H and O–H groups in total. The summed E-state index contributed by atoms with van der Waals surface area (Å²) >= 11 is 0. The van der Waals surface area contributed by atoms with Crippen LogP contribution in [0.2, 0.25) is 0 Å². The Balaban J connectivity index is 1.93. The maximum absolute atomic E-state index is 9.63. The van der Waals surface area contributed by atoms with Gasteiger partial charge in [-0.3, -0.25) is 0 Å². The minimum Gasteiger partial charge on any atom is -0.508 e. The zero-order valence-electron chi connectivity index (χ0n) is 15.1. The fourth-order valence-corrected chi connectivity index (χ4v) is 3.83. The van der Waals surface area contributed by atoms with Gasteiger partial charge in [-0.05, 0) is 92.4 Å². The highest BCUT2D eigenvalue weighted by Gasteiger charge is 2.18.